The number of hydrogen-bond acceptors (Lipinski definition) is 3. The average Bonchev–Trinajstić information content (AvgIpc) is 2.51. The van der Waals surface area contributed by atoms with Crippen LogP contribution in [0.4, 0.5) is 0 Å². The summed E-state index contributed by atoms with van der Waals surface area (Å²) in [6, 6.07) is 13.3. The van der Waals surface area contributed by atoms with Crippen molar-refractivity contribution in [2.75, 3.05) is 7.05 Å². The smallest absolute Gasteiger partial charge is 0.0963 e. The van der Waals surface area contributed by atoms with Gasteiger partial charge in [-0.15, -0.1) is 11.8 Å². The van der Waals surface area contributed by atoms with E-state index in [0.717, 1.165) is 15.9 Å². The summed E-state index contributed by atoms with van der Waals surface area (Å²) >= 11 is 5.22. The Bertz CT molecular complexity index is 554. The van der Waals surface area contributed by atoms with Crippen LogP contribution in [0.25, 0.3) is 0 Å². The molecule has 2 atom stereocenters. The van der Waals surface area contributed by atoms with E-state index < -0.39 is 0 Å². The molecule has 2 unspecified atom stereocenters. The molecule has 1 aromatic carbocycles. The first-order chi connectivity index (χ1) is 10.1. The van der Waals surface area contributed by atoms with Crippen LogP contribution in [-0.2, 0) is 6.42 Å². The van der Waals surface area contributed by atoms with Crippen molar-refractivity contribution in [2.45, 2.75) is 36.6 Å². The normalized spacial score (nSPS) is 13.9. The predicted octanol–water partition coefficient (Wildman–Crippen LogP) is 4.85. The van der Waals surface area contributed by atoms with Gasteiger partial charge in [-0.05, 0) is 52.7 Å². The molecular formula is C17H21BrN2S. The first-order valence-electron chi connectivity index (χ1n) is 7.18. The van der Waals surface area contributed by atoms with Crippen LogP contribution >= 0.6 is 27.7 Å². The third kappa shape index (κ3) is 4.56. The number of nitrogens with zero attached hydrogens (tertiary/aromatic N) is 1. The van der Waals surface area contributed by atoms with Crippen molar-refractivity contribution < 1.29 is 0 Å². The SMILES string of the molecule is CCc1ccc(C(NC)C(C)Sc2ccc(Br)cn2)cc1. The Morgan fingerprint density at radius 1 is 1.19 bits per heavy atom. The molecule has 0 bridgehead atoms. The number of benzene rings is 1. The molecule has 112 valence electrons. The Labute approximate surface area is 139 Å². The van der Waals surface area contributed by atoms with Crippen LogP contribution in [0.2, 0.25) is 0 Å². The van der Waals surface area contributed by atoms with Crippen molar-refractivity contribution in [3.05, 3.63) is 58.2 Å². The Hall–Kier alpha value is -0.840. The fourth-order valence-electron chi connectivity index (χ4n) is 2.32. The largest absolute Gasteiger partial charge is 0.312 e. The van der Waals surface area contributed by atoms with Crippen LogP contribution in [0.1, 0.15) is 31.0 Å². The van der Waals surface area contributed by atoms with E-state index in [2.05, 4.69) is 70.4 Å². The number of nitrogens with one attached hydrogen (secondary N) is 1. The lowest BCUT2D eigenvalue weighted by molar-refractivity contribution is 0.588. The van der Waals surface area contributed by atoms with Crippen molar-refractivity contribution in [2.24, 2.45) is 0 Å². The highest BCUT2D eigenvalue weighted by Gasteiger charge is 2.19. The van der Waals surface area contributed by atoms with Crippen molar-refractivity contribution in [1.29, 1.82) is 0 Å². The Morgan fingerprint density at radius 3 is 2.43 bits per heavy atom. The van der Waals surface area contributed by atoms with Gasteiger partial charge < -0.3 is 5.32 Å². The second kappa shape index (κ2) is 7.97. The number of thioether (sulfide) groups is 1. The van der Waals surface area contributed by atoms with E-state index in [0.29, 0.717) is 11.3 Å². The summed E-state index contributed by atoms with van der Waals surface area (Å²) in [6.07, 6.45) is 2.93. The van der Waals surface area contributed by atoms with E-state index in [9.17, 15) is 0 Å². The van der Waals surface area contributed by atoms with Gasteiger partial charge in [-0.1, -0.05) is 38.1 Å². The monoisotopic (exact) mass is 364 g/mol. The Balaban J connectivity index is 2.09. The van der Waals surface area contributed by atoms with Crippen LogP contribution in [-0.4, -0.2) is 17.3 Å². The number of halogens is 1. The van der Waals surface area contributed by atoms with Gasteiger partial charge in [0.05, 0.1) is 5.03 Å². The van der Waals surface area contributed by atoms with Gasteiger partial charge in [0.2, 0.25) is 0 Å². The van der Waals surface area contributed by atoms with Gasteiger partial charge in [0.1, 0.15) is 0 Å². The minimum Gasteiger partial charge on any atom is -0.312 e. The van der Waals surface area contributed by atoms with E-state index >= 15 is 0 Å². The predicted molar refractivity (Wildman–Crippen MR) is 94.9 cm³/mol. The highest BCUT2D eigenvalue weighted by atomic mass is 79.9. The van der Waals surface area contributed by atoms with Crippen LogP contribution < -0.4 is 5.32 Å². The zero-order chi connectivity index (χ0) is 15.2. The molecule has 0 saturated heterocycles. The molecule has 0 spiro atoms. The van der Waals surface area contributed by atoms with Crippen LogP contribution in [0.15, 0.2) is 52.1 Å². The second-order valence-corrected chi connectivity index (χ2v) is 7.31. The maximum atomic E-state index is 4.44. The zero-order valence-corrected chi connectivity index (χ0v) is 15.0. The summed E-state index contributed by atoms with van der Waals surface area (Å²) < 4.78 is 1.01. The van der Waals surface area contributed by atoms with Crippen molar-refractivity contribution in [3.63, 3.8) is 0 Å². The highest BCUT2D eigenvalue weighted by molar-refractivity contribution is 9.10. The Morgan fingerprint density at radius 2 is 1.90 bits per heavy atom. The summed E-state index contributed by atoms with van der Waals surface area (Å²) in [5.41, 5.74) is 2.70. The van der Waals surface area contributed by atoms with Gasteiger partial charge in [0.15, 0.2) is 0 Å². The maximum Gasteiger partial charge on any atom is 0.0963 e. The van der Waals surface area contributed by atoms with Crippen LogP contribution in [0.5, 0.6) is 0 Å². The van der Waals surface area contributed by atoms with Gasteiger partial charge in [0.25, 0.3) is 0 Å². The number of hydrogen-bond donors (Lipinski definition) is 1. The zero-order valence-electron chi connectivity index (χ0n) is 12.6. The molecule has 0 saturated carbocycles. The fraction of sp³-hybridized carbons (Fsp3) is 0.353. The maximum absolute atomic E-state index is 4.44. The summed E-state index contributed by atoms with van der Waals surface area (Å²) in [6.45, 7) is 4.42. The molecule has 0 amide bonds. The fourth-order valence-corrected chi connectivity index (χ4v) is 3.63. The number of pyridine rings is 1. The first-order valence-corrected chi connectivity index (χ1v) is 8.85. The first kappa shape index (κ1) is 16.5. The summed E-state index contributed by atoms with van der Waals surface area (Å²) in [5.74, 6) is 0. The van der Waals surface area contributed by atoms with E-state index in [1.54, 1.807) is 11.8 Å². The van der Waals surface area contributed by atoms with Crippen LogP contribution in [0, 0.1) is 0 Å². The molecule has 0 aliphatic carbocycles. The van der Waals surface area contributed by atoms with Crippen molar-refractivity contribution >= 4 is 27.7 Å². The van der Waals surface area contributed by atoms with E-state index in [4.69, 9.17) is 0 Å². The molecule has 1 N–H and O–H groups in total. The van der Waals surface area contributed by atoms with Gasteiger partial charge >= 0.3 is 0 Å². The number of rotatable bonds is 6. The molecule has 1 aromatic heterocycles. The third-order valence-electron chi connectivity index (χ3n) is 3.53. The molecule has 21 heavy (non-hydrogen) atoms. The molecule has 2 aromatic rings. The highest BCUT2D eigenvalue weighted by Crippen LogP contribution is 2.31. The minimum absolute atomic E-state index is 0.311. The third-order valence-corrected chi connectivity index (χ3v) is 5.13. The molecular weight excluding hydrogens is 344 g/mol. The van der Waals surface area contributed by atoms with E-state index in [-0.39, 0.29) is 0 Å². The van der Waals surface area contributed by atoms with Gasteiger partial charge in [-0.3, -0.25) is 0 Å². The molecule has 2 rings (SSSR count). The van der Waals surface area contributed by atoms with Crippen molar-refractivity contribution in [3.8, 4) is 0 Å². The van der Waals surface area contributed by atoms with Crippen molar-refractivity contribution in [1.82, 2.24) is 10.3 Å². The van der Waals surface area contributed by atoms with E-state index in [1.165, 1.54) is 11.1 Å². The second-order valence-electron chi connectivity index (χ2n) is 5.00. The number of aromatic nitrogens is 1. The molecule has 4 heteroatoms. The summed E-state index contributed by atoms with van der Waals surface area (Å²) in [5, 5.41) is 4.88. The molecule has 0 aliphatic heterocycles. The standard InChI is InChI=1S/C17H21BrN2S/c1-4-13-5-7-14(8-6-13)17(19-3)12(2)21-16-10-9-15(18)11-20-16/h5-12,17,19H,4H2,1-3H3. The minimum atomic E-state index is 0.311. The van der Waals surface area contributed by atoms with Gasteiger partial charge in [-0.25, -0.2) is 4.98 Å². The lowest BCUT2D eigenvalue weighted by Crippen LogP contribution is -2.25. The van der Waals surface area contributed by atoms with Crippen LogP contribution in [0.3, 0.4) is 0 Å². The Kier molecular flexibility index (Phi) is 6.27. The summed E-state index contributed by atoms with van der Waals surface area (Å²) in [4.78, 5) is 4.44. The number of aryl methyl sites for hydroxylation is 1. The summed E-state index contributed by atoms with van der Waals surface area (Å²) in [7, 11) is 2.02. The molecule has 0 radical (unpaired) electrons. The average molecular weight is 365 g/mol. The lowest BCUT2D eigenvalue weighted by atomic mass is 10.0. The molecule has 1 heterocycles. The van der Waals surface area contributed by atoms with Gasteiger partial charge in [-0.2, -0.15) is 0 Å². The quantitative estimate of drug-likeness (QED) is 0.741. The topological polar surface area (TPSA) is 24.9 Å². The van der Waals surface area contributed by atoms with E-state index in [1.807, 2.05) is 19.3 Å². The molecule has 0 aliphatic rings. The lowest BCUT2D eigenvalue weighted by Gasteiger charge is -2.23. The molecule has 2 nitrogen and oxygen atoms in total. The van der Waals surface area contributed by atoms with Gasteiger partial charge in [0, 0.05) is 22.0 Å². The molecule has 0 fully saturated rings.